The number of anilines is 1. The van der Waals surface area contributed by atoms with Crippen molar-refractivity contribution in [2.75, 3.05) is 11.9 Å². The molecule has 3 N–H and O–H groups in total. The zero-order valence-corrected chi connectivity index (χ0v) is 17.2. The summed E-state index contributed by atoms with van der Waals surface area (Å²) in [7, 11) is 0. The average molecular weight is 427 g/mol. The third-order valence-electron chi connectivity index (χ3n) is 4.19. The third kappa shape index (κ3) is 5.38. The second kappa shape index (κ2) is 9.60. The Morgan fingerprint density at radius 3 is 2.52 bits per heavy atom. The van der Waals surface area contributed by atoms with Crippen molar-refractivity contribution in [2.45, 2.75) is 11.8 Å². The van der Waals surface area contributed by atoms with E-state index >= 15 is 0 Å². The molecule has 3 aromatic rings. The molecule has 3 rings (SSSR count). The lowest BCUT2D eigenvalue weighted by molar-refractivity contribution is -0.118. The molecule has 0 bridgehead atoms. The highest BCUT2D eigenvalue weighted by atomic mass is 35.5. The van der Waals surface area contributed by atoms with Crippen LogP contribution < -0.4 is 15.2 Å². The second-order valence-corrected chi connectivity index (χ2v) is 7.41. The Bertz CT molecular complexity index is 1040. The summed E-state index contributed by atoms with van der Waals surface area (Å²) in [5.41, 5.74) is 2.38. The van der Waals surface area contributed by atoms with E-state index in [1.807, 2.05) is 25.1 Å². The van der Waals surface area contributed by atoms with Crippen LogP contribution in [0.1, 0.15) is 21.5 Å². The van der Waals surface area contributed by atoms with Gasteiger partial charge in [-0.1, -0.05) is 41.9 Å². The summed E-state index contributed by atoms with van der Waals surface area (Å²) in [4.78, 5) is 26.0. The SMILES string of the molecule is Cc1cc(SN)ccc1NC(=O)COc1ccc(Cl)cc1C(=O)c1ccccc1. The van der Waals surface area contributed by atoms with Crippen molar-refractivity contribution in [2.24, 2.45) is 5.14 Å². The molecule has 0 aliphatic carbocycles. The van der Waals surface area contributed by atoms with Gasteiger partial charge in [0.15, 0.2) is 12.4 Å². The van der Waals surface area contributed by atoms with Gasteiger partial charge in [0.2, 0.25) is 0 Å². The van der Waals surface area contributed by atoms with Gasteiger partial charge in [-0.15, -0.1) is 0 Å². The molecule has 0 saturated heterocycles. The lowest BCUT2D eigenvalue weighted by Crippen LogP contribution is -2.21. The molecule has 0 saturated carbocycles. The standard InChI is InChI=1S/C22H19ClN2O3S/c1-14-11-17(29-24)8-9-19(14)25-21(26)13-28-20-10-7-16(23)12-18(20)22(27)15-5-3-2-4-6-15/h2-12H,13,24H2,1H3,(H,25,26). The van der Waals surface area contributed by atoms with Gasteiger partial charge in [0.25, 0.3) is 5.91 Å². The molecule has 0 heterocycles. The molecule has 0 atom stereocenters. The van der Waals surface area contributed by atoms with Crippen molar-refractivity contribution in [1.29, 1.82) is 0 Å². The van der Waals surface area contributed by atoms with Crippen LogP contribution in [0.3, 0.4) is 0 Å². The molecular weight excluding hydrogens is 408 g/mol. The third-order valence-corrected chi connectivity index (χ3v) is 4.95. The van der Waals surface area contributed by atoms with Crippen molar-refractivity contribution in [1.82, 2.24) is 0 Å². The van der Waals surface area contributed by atoms with E-state index in [2.05, 4.69) is 5.32 Å². The molecule has 0 unspecified atom stereocenters. The smallest absolute Gasteiger partial charge is 0.262 e. The van der Waals surface area contributed by atoms with E-state index in [1.54, 1.807) is 42.5 Å². The molecule has 0 aliphatic heterocycles. The Hall–Kier alpha value is -2.80. The van der Waals surface area contributed by atoms with E-state index in [1.165, 1.54) is 6.07 Å². The van der Waals surface area contributed by atoms with Gasteiger partial charge in [0.05, 0.1) is 5.56 Å². The number of hydrogen-bond acceptors (Lipinski definition) is 5. The number of benzene rings is 3. The van der Waals surface area contributed by atoms with E-state index in [0.717, 1.165) is 22.4 Å². The fraction of sp³-hybridized carbons (Fsp3) is 0.0909. The van der Waals surface area contributed by atoms with Crippen molar-refractivity contribution in [3.63, 3.8) is 0 Å². The van der Waals surface area contributed by atoms with Crippen LogP contribution in [0, 0.1) is 6.92 Å². The quantitative estimate of drug-likeness (QED) is 0.416. The largest absolute Gasteiger partial charge is 0.483 e. The Kier molecular flexibility index (Phi) is 6.93. The highest BCUT2D eigenvalue weighted by molar-refractivity contribution is 7.97. The van der Waals surface area contributed by atoms with Crippen molar-refractivity contribution >= 4 is 40.9 Å². The van der Waals surface area contributed by atoms with Gasteiger partial charge in [-0.25, -0.2) is 0 Å². The average Bonchev–Trinajstić information content (AvgIpc) is 2.74. The van der Waals surface area contributed by atoms with Gasteiger partial charge in [0.1, 0.15) is 5.75 Å². The van der Waals surface area contributed by atoms with E-state index in [0.29, 0.717) is 27.6 Å². The van der Waals surface area contributed by atoms with Crippen LogP contribution in [0.15, 0.2) is 71.6 Å². The van der Waals surface area contributed by atoms with E-state index in [9.17, 15) is 9.59 Å². The van der Waals surface area contributed by atoms with Crippen LogP contribution in [-0.4, -0.2) is 18.3 Å². The van der Waals surface area contributed by atoms with Crippen molar-refractivity contribution in [3.8, 4) is 5.75 Å². The zero-order chi connectivity index (χ0) is 20.8. The maximum absolute atomic E-state index is 12.8. The lowest BCUT2D eigenvalue weighted by Gasteiger charge is -2.13. The summed E-state index contributed by atoms with van der Waals surface area (Å²) in [5.74, 6) is -0.270. The van der Waals surface area contributed by atoms with E-state index in [4.69, 9.17) is 21.5 Å². The number of ether oxygens (including phenoxy) is 1. The Labute approximate surface area is 178 Å². The summed E-state index contributed by atoms with van der Waals surface area (Å²) in [5, 5.41) is 8.76. The monoisotopic (exact) mass is 426 g/mol. The number of nitrogens with two attached hydrogens (primary N) is 1. The second-order valence-electron chi connectivity index (χ2n) is 6.27. The van der Waals surface area contributed by atoms with Crippen LogP contribution in [-0.2, 0) is 4.79 Å². The highest BCUT2D eigenvalue weighted by Gasteiger charge is 2.16. The number of amides is 1. The molecule has 0 aromatic heterocycles. The fourth-order valence-corrected chi connectivity index (χ4v) is 3.29. The molecule has 7 heteroatoms. The number of ketones is 1. The number of rotatable bonds is 7. The van der Waals surface area contributed by atoms with Crippen molar-refractivity contribution < 1.29 is 14.3 Å². The number of halogens is 1. The predicted molar refractivity (Wildman–Crippen MR) is 117 cm³/mol. The first kappa shape index (κ1) is 20.9. The molecule has 0 fully saturated rings. The topological polar surface area (TPSA) is 81.4 Å². The van der Waals surface area contributed by atoms with Gasteiger partial charge in [0, 0.05) is 21.2 Å². The zero-order valence-electron chi connectivity index (χ0n) is 15.6. The number of aryl methyl sites for hydroxylation is 1. The Morgan fingerprint density at radius 1 is 1.07 bits per heavy atom. The van der Waals surface area contributed by atoms with Crippen LogP contribution >= 0.6 is 23.5 Å². The maximum atomic E-state index is 12.8. The molecule has 1 amide bonds. The first-order valence-corrected chi connectivity index (χ1v) is 10.0. The first-order chi connectivity index (χ1) is 14.0. The van der Waals surface area contributed by atoms with E-state index in [-0.39, 0.29) is 18.3 Å². The molecule has 3 aromatic carbocycles. The molecule has 5 nitrogen and oxygen atoms in total. The van der Waals surface area contributed by atoms with Crippen LogP contribution in [0.2, 0.25) is 5.02 Å². The first-order valence-electron chi connectivity index (χ1n) is 8.77. The Balaban J connectivity index is 1.72. The highest BCUT2D eigenvalue weighted by Crippen LogP contribution is 2.26. The van der Waals surface area contributed by atoms with Crippen LogP contribution in [0.5, 0.6) is 5.75 Å². The number of carbonyl (C=O) groups is 2. The van der Waals surface area contributed by atoms with E-state index < -0.39 is 0 Å². The van der Waals surface area contributed by atoms with Gasteiger partial charge in [-0.3, -0.25) is 14.7 Å². The molecule has 29 heavy (non-hydrogen) atoms. The number of hydrogen-bond donors (Lipinski definition) is 2. The fourth-order valence-electron chi connectivity index (χ4n) is 2.73. The lowest BCUT2D eigenvalue weighted by atomic mass is 10.0. The minimum absolute atomic E-state index is 0.228. The minimum Gasteiger partial charge on any atom is -0.483 e. The molecule has 0 radical (unpaired) electrons. The minimum atomic E-state index is -0.339. The van der Waals surface area contributed by atoms with Gasteiger partial charge in [-0.05, 0) is 60.8 Å². The molecule has 0 aliphatic rings. The van der Waals surface area contributed by atoms with Crippen LogP contribution in [0.25, 0.3) is 0 Å². The molecule has 0 spiro atoms. The van der Waals surface area contributed by atoms with Crippen molar-refractivity contribution in [3.05, 3.63) is 88.4 Å². The number of nitrogens with one attached hydrogen (secondary N) is 1. The summed E-state index contributed by atoms with van der Waals surface area (Å²) in [6.45, 7) is 1.63. The predicted octanol–water partition coefficient (Wildman–Crippen LogP) is 4.86. The number of carbonyl (C=O) groups excluding carboxylic acids is 2. The summed E-state index contributed by atoms with van der Waals surface area (Å²) >= 11 is 7.20. The van der Waals surface area contributed by atoms with Gasteiger partial charge < -0.3 is 10.1 Å². The Morgan fingerprint density at radius 2 is 1.83 bits per heavy atom. The van der Waals surface area contributed by atoms with Gasteiger partial charge >= 0.3 is 0 Å². The maximum Gasteiger partial charge on any atom is 0.262 e. The summed E-state index contributed by atoms with van der Waals surface area (Å²) in [6.07, 6.45) is 0. The summed E-state index contributed by atoms with van der Waals surface area (Å²) in [6, 6.07) is 19.1. The molecule has 148 valence electrons. The molecular formula is C22H19ClN2O3S. The van der Waals surface area contributed by atoms with Crippen LogP contribution in [0.4, 0.5) is 5.69 Å². The summed E-state index contributed by atoms with van der Waals surface area (Å²) < 4.78 is 5.64. The van der Waals surface area contributed by atoms with Gasteiger partial charge in [-0.2, -0.15) is 0 Å². The normalized spacial score (nSPS) is 10.4.